The molecule has 0 spiro atoms. The first-order valence-electron chi connectivity index (χ1n) is 4.81. The van der Waals surface area contributed by atoms with E-state index < -0.39 is 11.9 Å². The summed E-state index contributed by atoms with van der Waals surface area (Å²) in [5.74, 6) is -2.34. The number of rotatable bonds is 3. The molecule has 5 nitrogen and oxygen atoms in total. The van der Waals surface area contributed by atoms with Crippen LogP contribution in [0.25, 0.3) is 0 Å². The number of carbonyl (C=O) groups excluding carboxylic acids is 1. The summed E-state index contributed by atoms with van der Waals surface area (Å²) in [5.41, 5.74) is 0. The third-order valence-corrected chi connectivity index (χ3v) is 2.55. The number of carbonyl (C=O) groups is 2. The van der Waals surface area contributed by atoms with Crippen molar-refractivity contribution < 1.29 is 19.8 Å². The minimum atomic E-state index is -1.44. The molecule has 1 aliphatic rings. The van der Waals surface area contributed by atoms with Gasteiger partial charge in [-0.15, -0.1) is 0 Å². The standard InChI is InChI=1S/C9H15NO4/c11-6-5-10(8(12)9(13)14)7-3-1-2-4-7/h7,11H,1-6H2,(H,13,14). The maximum absolute atomic E-state index is 11.2. The highest BCUT2D eigenvalue weighted by Crippen LogP contribution is 2.23. The molecule has 80 valence electrons. The highest BCUT2D eigenvalue weighted by atomic mass is 16.4. The number of hydrogen-bond acceptors (Lipinski definition) is 3. The van der Waals surface area contributed by atoms with Crippen LogP contribution < -0.4 is 0 Å². The van der Waals surface area contributed by atoms with Gasteiger partial charge < -0.3 is 15.1 Å². The van der Waals surface area contributed by atoms with E-state index in [1.165, 1.54) is 4.90 Å². The monoisotopic (exact) mass is 201 g/mol. The van der Waals surface area contributed by atoms with Crippen LogP contribution in [-0.4, -0.2) is 46.2 Å². The van der Waals surface area contributed by atoms with Gasteiger partial charge in [-0.1, -0.05) is 12.8 Å². The van der Waals surface area contributed by atoms with Crippen molar-refractivity contribution in [3.63, 3.8) is 0 Å². The Morgan fingerprint density at radius 2 is 1.86 bits per heavy atom. The second-order valence-corrected chi connectivity index (χ2v) is 3.47. The summed E-state index contributed by atoms with van der Waals surface area (Å²) in [4.78, 5) is 23.0. The first-order chi connectivity index (χ1) is 6.66. The summed E-state index contributed by atoms with van der Waals surface area (Å²) in [5, 5.41) is 17.3. The van der Waals surface area contributed by atoms with Crippen molar-refractivity contribution in [3.05, 3.63) is 0 Å². The number of nitrogens with zero attached hydrogens (tertiary/aromatic N) is 1. The van der Waals surface area contributed by atoms with Gasteiger partial charge in [0.05, 0.1) is 6.61 Å². The Hall–Kier alpha value is -1.10. The number of hydrogen-bond donors (Lipinski definition) is 2. The number of amides is 1. The zero-order valence-electron chi connectivity index (χ0n) is 7.98. The normalized spacial score (nSPS) is 16.9. The van der Waals surface area contributed by atoms with Gasteiger partial charge in [0.2, 0.25) is 0 Å². The van der Waals surface area contributed by atoms with Crippen LogP contribution in [0.2, 0.25) is 0 Å². The lowest BCUT2D eigenvalue weighted by Crippen LogP contribution is -2.44. The molecule has 0 aromatic carbocycles. The molecule has 1 fully saturated rings. The second-order valence-electron chi connectivity index (χ2n) is 3.47. The van der Waals surface area contributed by atoms with E-state index in [0.29, 0.717) is 0 Å². The zero-order valence-corrected chi connectivity index (χ0v) is 7.98. The minimum Gasteiger partial charge on any atom is -0.474 e. The molecule has 0 unspecified atom stereocenters. The number of aliphatic hydroxyl groups is 1. The maximum atomic E-state index is 11.2. The molecule has 0 aromatic heterocycles. The fourth-order valence-electron chi connectivity index (χ4n) is 1.90. The number of carboxylic acid groups (broad SMARTS) is 1. The van der Waals surface area contributed by atoms with Crippen LogP contribution in [0.4, 0.5) is 0 Å². The molecule has 14 heavy (non-hydrogen) atoms. The van der Waals surface area contributed by atoms with Gasteiger partial charge in [-0.3, -0.25) is 4.79 Å². The molecule has 5 heteroatoms. The van der Waals surface area contributed by atoms with Crippen molar-refractivity contribution in [1.29, 1.82) is 0 Å². The highest BCUT2D eigenvalue weighted by molar-refractivity contribution is 6.31. The fraction of sp³-hybridized carbons (Fsp3) is 0.778. The molecule has 0 saturated heterocycles. The lowest BCUT2D eigenvalue weighted by atomic mass is 10.2. The van der Waals surface area contributed by atoms with Crippen LogP contribution in [0, 0.1) is 0 Å². The number of carboxylic acids is 1. The van der Waals surface area contributed by atoms with E-state index in [0.717, 1.165) is 25.7 Å². The summed E-state index contributed by atoms with van der Waals surface area (Å²) in [7, 11) is 0. The third kappa shape index (κ3) is 2.45. The second kappa shape index (κ2) is 4.95. The van der Waals surface area contributed by atoms with E-state index in [9.17, 15) is 9.59 Å². The van der Waals surface area contributed by atoms with Gasteiger partial charge in [0.25, 0.3) is 0 Å². The average Bonchev–Trinajstić information content (AvgIpc) is 2.65. The van der Waals surface area contributed by atoms with Gasteiger partial charge in [-0.25, -0.2) is 4.79 Å². The molecule has 0 aliphatic heterocycles. The van der Waals surface area contributed by atoms with Crippen LogP contribution >= 0.6 is 0 Å². The summed E-state index contributed by atoms with van der Waals surface area (Å²) >= 11 is 0. The Morgan fingerprint density at radius 1 is 1.29 bits per heavy atom. The van der Waals surface area contributed by atoms with Crippen molar-refractivity contribution in [3.8, 4) is 0 Å². The molecule has 0 atom stereocenters. The quantitative estimate of drug-likeness (QED) is 0.622. The molecule has 1 amide bonds. The predicted molar refractivity (Wildman–Crippen MR) is 48.7 cm³/mol. The third-order valence-electron chi connectivity index (χ3n) is 2.55. The van der Waals surface area contributed by atoms with E-state index in [4.69, 9.17) is 10.2 Å². The topological polar surface area (TPSA) is 77.8 Å². The van der Waals surface area contributed by atoms with Gasteiger partial charge in [0, 0.05) is 12.6 Å². The molecule has 0 radical (unpaired) electrons. The predicted octanol–water partition coefficient (Wildman–Crippen LogP) is -0.166. The first-order valence-corrected chi connectivity index (χ1v) is 4.81. The summed E-state index contributed by atoms with van der Waals surface area (Å²) in [6.45, 7) is -0.0642. The number of aliphatic carboxylic acids is 1. The lowest BCUT2D eigenvalue weighted by Gasteiger charge is -2.26. The first kappa shape index (κ1) is 11.0. The van der Waals surface area contributed by atoms with Crippen LogP contribution in [0.15, 0.2) is 0 Å². The van der Waals surface area contributed by atoms with E-state index >= 15 is 0 Å². The van der Waals surface area contributed by atoms with E-state index in [1.54, 1.807) is 0 Å². The molecular weight excluding hydrogens is 186 g/mol. The fourth-order valence-corrected chi connectivity index (χ4v) is 1.90. The Morgan fingerprint density at radius 3 is 2.29 bits per heavy atom. The van der Waals surface area contributed by atoms with E-state index in [-0.39, 0.29) is 19.2 Å². The van der Waals surface area contributed by atoms with Gasteiger partial charge >= 0.3 is 11.9 Å². The lowest BCUT2D eigenvalue weighted by molar-refractivity contribution is -0.157. The van der Waals surface area contributed by atoms with Crippen LogP contribution in [0.1, 0.15) is 25.7 Å². The Kier molecular flexibility index (Phi) is 3.88. The van der Waals surface area contributed by atoms with Gasteiger partial charge in [0.15, 0.2) is 0 Å². The van der Waals surface area contributed by atoms with Crippen molar-refractivity contribution >= 4 is 11.9 Å². The van der Waals surface area contributed by atoms with E-state index in [2.05, 4.69) is 0 Å². The molecule has 0 heterocycles. The molecule has 1 aliphatic carbocycles. The Balaban J connectivity index is 2.61. The van der Waals surface area contributed by atoms with Crippen molar-refractivity contribution in [2.45, 2.75) is 31.7 Å². The molecule has 2 N–H and O–H groups in total. The average molecular weight is 201 g/mol. The molecular formula is C9H15NO4. The highest BCUT2D eigenvalue weighted by Gasteiger charge is 2.29. The van der Waals surface area contributed by atoms with Crippen LogP contribution in [0.3, 0.4) is 0 Å². The summed E-state index contributed by atoms with van der Waals surface area (Å²) < 4.78 is 0. The molecule has 1 saturated carbocycles. The SMILES string of the molecule is O=C(O)C(=O)N(CCO)C1CCCC1. The number of aliphatic hydroxyl groups excluding tert-OH is 1. The maximum Gasteiger partial charge on any atom is 0.394 e. The largest absolute Gasteiger partial charge is 0.474 e. The van der Waals surface area contributed by atoms with Gasteiger partial charge in [-0.2, -0.15) is 0 Å². The van der Waals surface area contributed by atoms with Crippen LogP contribution in [-0.2, 0) is 9.59 Å². The molecule has 1 rings (SSSR count). The minimum absolute atomic E-state index is 0.00532. The summed E-state index contributed by atoms with van der Waals surface area (Å²) in [6, 6.07) is 0.00532. The van der Waals surface area contributed by atoms with Crippen molar-refractivity contribution in [2.75, 3.05) is 13.2 Å². The Bertz CT molecular complexity index is 223. The van der Waals surface area contributed by atoms with Crippen molar-refractivity contribution in [2.24, 2.45) is 0 Å². The van der Waals surface area contributed by atoms with Gasteiger partial charge in [-0.05, 0) is 12.8 Å². The van der Waals surface area contributed by atoms with Gasteiger partial charge in [0.1, 0.15) is 0 Å². The Labute approximate surface area is 82.3 Å². The van der Waals surface area contributed by atoms with Crippen molar-refractivity contribution in [1.82, 2.24) is 4.90 Å². The molecule has 0 aromatic rings. The zero-order chi connectivity index (χ0) is 10.6. The summed E-state index contributed by atoms with van der Waals surface area (Å²) in [6.07, 6.45) is 3.75. The molecule has 0 bridgehead atoms. The van der Waals surface area contributed by atoms with Crippen LogP contribution in [0.5, 0.6) is 0 Å². The smallest absolute Gasteiger partial charge is 0.394 e. The van der Waals surface area contributed by atoms with E-state index in [1.807, 2.05) is 0 Å².